The monoisotopic (exact) mass is 153 g/mol. The van der Waals surface area contributed by atoms with E-state index in [9.17, 15) is 0 Å². The molecule has 0 aromatic carbocycles. The van der Waals surface area contributed by atoms with Crippen molar-refractivity contribution in [2.75, 3.05) is 0 Å². The predicted octanol–water partition coefficient (Wildman–Crippen LogP) is 3.51. The van der Waals surface area contributed by atoms with Crippen LogP contribution < -0.4 is 0 Å². The van der Waals surface area contributed by atoms with Gasteiger partial charge in [0.25, 0.3) is 0 Å². The molecule has 0 aromatic heterocycles. The molecule has 1 heteroatoms. The molecule has 0 bridgehead atoms. The largest absolute Gasteiger partial charge is 0.198 e. The van der Waals surface area contributed by atoms with Crippen molar-refractivity contribution in [2.24, 2.45) is 5.41 Å². The van der Waals surface area contributed by atoms with E-state index < -0.39 is 0 Å². The van der Waals surface area contributed by atoms with Crippen LogP contribution >= 0.6 is 0 Å². The number of hydrogen-bond donors (Lipinski definition) is 0. The number of nitrogens with zero attached hydrogens (tertiary/aromatic N) is 1. The van der Waals surface area contributed by atoms with Gasteiger partial charge in [-0.3, -0.25) is 0 Å². The van der Waals surface area contributed by atoms with E-state index in [1.165, 1.54) is 19.3 Å². The lowest BCUT2D eigenvalue weighted by atomic mass is 9.77. The van der Waals surface area contributed by atoms with Crippen LogP contribution in [0.3, 0.4) is 0 Å². The average molecular weight is 153 g/mol. The molecule has 0 atom stereocenters. The topological polar surface area (TPSA) is 23.8 Å². The Kier molecular flexibility index (Phi) is 4.94. The van der Waals surface area contributed by atoms with Gasteiger partial charge in [-0.15, -0.1) is 0 Å². The van der Waals surface area contributed by atoms with Crippen LogP contribution in [-0.4, -0.2) is 0 Å². The highest BCUT2D eigenvalue weighted by Gasteiger charge is 2.25. The summed E-state index contributed by atoms with van der Waals surface area (Å²) < 4.78 is 0. The maximum absolute atomic E-state index is 8.70. The van der Waals surface area contributed by atoms with Gasteiger partial charge in [-0.1, -0.05) is 33.1 Å². The van der Waals surface area contributed by atoms with E-state index >= 15 is 0 Å². The molecule has 0 heterocycles. The van der Waals surface area contributed by atoms with Crippen molar-refractivity contribution in [2.45, 2.75) is 52.9 Å². The SMILES string of the molecule is CC.CC1(C#N)CCCCC1. The van der Waals surface area contributed by atoms with Gasteiger partial charge >= 0.3 is 0 Å². The highest BCUT2D eigenvalue weighted by atomic mass is 14.4. The van der Waals surface area contributed by atoms with Crippen molar-refractivity contribution in [3.05, 3.63) is 0 Å². The second kappa shape index (κ2) is 5.18. The quantitative estimate of drug-likeness (QED) is 0.522. The van der Waals surface area contributed by atoms with Gasteiger partial charge in [0.05, 0.1) is 11.5 Å². The summed E-state index contributed by atoms with van der Waals surface area (Å²) in [6.45, 7) is 6.08. The first-order valence-corrected chi connectivity index (χ1v) is 4.68. The Morgan fingerprint density at radius 3 is 1.82 bits per heavy atom. The molecule has 0 saturated heterocycles. The van der Waals surface area contributed by atoms with Gasteiger partial charge in [0.15, 0.2) is 0 Å². The molecule has 0 radical (unpaired) electrons. The predicted molar refractivity (Wildman–Crippen MR) is 48.2 cm³/mol. The summed E-state index contributed by atoms with van der Waals surface area (Å²) in [7, 11) is 0. The summed E-state index contributed by atoms with van der Waals surface area (Å²) >= 11 is 0. The Labute approximate surface area is 70.4 Å². The van der Waals surface area contributed by atoms with Crippen LogP contribution in [-0.2, 0) is 0 Å². The smallest absolute Gasteiger partial charge is 0.0686 e. The second-order valence-electron chi connectivity index (χ2n) is 3.23. The molecule has 0 amide bonds. The lowest BCUT2D eigenvalue weighted by molar-refractivity contribution is 0.296. The molecule has 0 N–H and O–H groups in total. The molecule has 1 aliphatic carbocycles. The Balaban J connectivity index is 0.000000461. The Hall–Kier alpha value is -0.510. The van der Waals surface area contributed by atoms with E-state index in [1.54, 1.807) is 0 Å². The molecule has 11 heavy (non-hydrogen) atoms. The second-order valence-corrected chi connectivity index (χ2v) is 3.23. The molecule has 1 fully saturated rings. The van der Waals surface area contributed by atoms with E-state index in [0.717, 1.165) is 12.8 Å². The molecule has 0 aromatic rings. The third-order valence-corrected chi connectivity index (χ3v) is 2.23. The molecule has 1 saturated carbocycles. The molecule has 1 aliphatic rings. The van der Waals surface area contributed by atoms with E-state index in [1.807, 2.05) is 13.8 Å². The van der Waals surface area contributed by atoms with Crippen molar-refractivity contribution in [3.8, 4) is 6.07 Å². The molecule has 1 nitrogen and oxygen atoms in total. The maximum atomic E-state index is 8.70. The van der Waals surface area contributed by atoms with Crippen molar-refractivity contribution in [3.63, 3.8) is 0 Å². The van der Waals surface area contributed by atoms with Crippen molar-refractivity contribution >= 4 is 0 Å². The highest BCUT2D eigenvalue weighted by Crippen LogP contribution is 2.34. The van der Waals surface area contributed by atoms with Crippen LogP contribution in [0.1, 0.15) is 52.9 Å². The normalized spacial score (nSPS) is 20.9. The van der Waals surface area contributed by atoms with Crippen LogP contribution in [0.25, 0.3) is 0 Å². The van der Waals surface area contributed by atoms with Crippen LogP contribution in [0.15, 0.2) is 0 Å². The van der Waals surface area contributed by atoms with Gasteiger partial charge in [0, 0.05) is 0 Å². The summed E-state index contributed by atoms with van der Waals surface area (Å²) in [5.74, 6) is 0. The van der Waals surface area contributed by atoms with Crippen LogP contribution in [0.2, 0.25) is 0 Å². The Bertz CT molecular complexity index is 126. The fourth-order valence-corrected chi connectivity index (χ4v) is 1.44. The minimum Gasteiger partial charge on any atom is -0.198 e. The molecule has 0 spiro atoms. The first-order valence-electron chi connectivity index (χ1n) is 4.68. The maximum Gasteiger partial charge on any atom is 0.0686 e. The third-order valence-electron chi connectivity index (χ3n) is 2.23. The van der Waals surface area contributed by atoms with Crippen molar-refractivity contribution in [1.29, 1.82) is 5.26 Å². The van der Waals surface area contributed by atoms with Gasteiger partial charge in [-0.25, -0.2) is 0 Å². The highest BCUT2D eigenvalue weighted by molar-refractivity contribution is 4.96. The first-order chi connectivity index (χ1) is 5.27. The number of nitriles is 1. The third kappa shape index (κ3) is 3.41. The summed E-state index contributed by atoms with van der Waals surface area (Å²) in [5, 5.41) is 8.70. The van der Waals surface area contributed by atoms with Gasteiger partial charge in [-0.05, 0) is 19.8 Å². The van der Waals surface area contributed by atoms with Gasteiger partial charge in [0.1, 0.15) is 0 Å². The van der Waals surface area contributed by atoms with E-state index in [4.69, 9.17) is 5.26 Å². The minimum atomic E-state index is 0.0260. The first kappa shape index (κ1) is 10.5. The average Bonchev–Trinajstić information content (AvgIpc) is 2.10. The summed E-state index contributed by atoms with van der Waals surface area (Å²) in [6, 6.07) is 2.38. The fourth-order valence-electron chi connectivity index (χ4n) is 1.44. The van der Waals surface area contributed by atoms with E-state index in [0.29, 0.717) is 0 Å². The Morgan fingerprint density at radius 1 is 1.09 bits per heavy atom. The molecule has 64 valence electrons. The minimum absolute atomic E-state index is 0.0260. The Morgan fingerprint density at radius 2 is 1.55 bits per heavy atom. The molecule has 1 rings (SSSR count). The van der Waals surface area contributed by atoms with E-state index in [2.05, 4.69) is 13.0 Å². The summed E-state index contributed by atoms with van der Waals surface area (Å²) in [6.07, 6.45) is 6.07. The molecule has 0 unspecified atom stereocenters. The van der Waals surface area contributed by atoms with E-state index in [-0.39, 0.29) is 5.41 Å². The summed E-state index contributed by atoms with van der Waals surface area (Å²) in [4.78, 5) is 0. The van der Waals surface area contributed by atoms with Crippen molar-refractivity contribution in [1.82, 2.24) is 0 Å². The van der Waals surface area contributed by atoms with Gasteiger partial charge < -0.3 is 0 Å². The summed E-state index contributed by atoms with van der Waals surface area (Å²) in [5.41, 5.74) is 0.0260. The van der Waals surface area contributed by atoms with Crippen LogP contribution in [0.5, 0.6) is 0 Å². The number of rotatable bonds is 0. The standard InChI is InChI=1S/C8H13N.C2H6/c1-8(7-9)5-3-2-4-6-8;1-2/h2-6H2,1H3;1-2H3. The van der Waals surface area contributed by atoms with Crippen molar-refractivity contribution < 1.29 is 0 Å². The zero-order valence-corrected chi connectivity index (χ0v) is 7.98. The zero-order valence-electron chi connectivity index (χ0n) is 7.98. The molecular formula is C10H19N. The molecule has 0 aliphatic heterocycles. The van der Waals surface area contributed by atoms with Gasteiger partial charge in [-0.2, -0.15) is 5.26 Å². The zero-order chi connectivity index (χ0) is 8.74. The van der Waals surface area contributed by atoms with Crippen LogP contribution in [0, 0.1) is 16.7 Å². The number of hydrogen-bond acceptors (Lipinski definition) is 1. The fraction of sp³-hybridized carbons (Fsp3) is 0.900. The molecular weight excluding hydrogens is 134 g/mol. The van der Waals surface area contributed by atoms with Gasteiger partial charge in [0.2, 0.25) is 0 Å². The lowest BCUT2D eigenvalue weighted by Crippen LogP contribution is -2.16. The lowest BCUT2D eigenvalue weighted by Gasteiger charge is -2.25. The van der Waals surface area contributed by atoms with Crippen LogP contribution in [0.4, 0.5) is 0 Å².